The zero-order valence-corrected chi connectivity index (χ0v) is 9.20. The summed E-state index contributed by atoms with van der Waals surface area (Å²) in [6.07, 6.45) is 3.66. The van der Waals surface area contributed by atoms with Gasteiger partial charge in [0.1, 0.15) is 0 Å². The van der Waals surface area contributed by atoms with Crippen LogP contribution in [0.2, 0.25) is 0 Å². The molecule has 3 nitrogen and oxygen atoms in total. The molecule has 3 heteroatoms. The van der Waals surface area contributed by atoms with Gasteiger partial charge in [-0.25, -0.2) is 4.79 Å². The van der Waals surface area contributed by atoms with Crippen LogP contribution in [0.1, 0.15) is 26.2 Å². The lowest BCUT2D eigenvalue weighted by molar-refractivity contribution is 0.170. The monoisotopic (exact) mass is 196 g/mol. The summed E-state index contributed by atoms with van der Waals surface area (Å²) in [6, 6.07) is 0.238. The molecule has 2 aliphatic rings. The highest BCUT2D eigenvalue weighted by Crippen LogP contribution is 2.38. The quantitative estimate of drug-likeness (QED) is 0.660. The molecule has 80 valence electrons. The first-order chi connectivity index (χ1) is 6.68. The lowest BCUT2D eigenvalue weighted by atomic mass is 10.3. The number of rotatable bonds is 2. The van der Waals surface area contributed by atoms with Gasteiger partial charge in [0.25, 0.3) is 0 Å². The Bertz CT molecular complexity index is 223. The van der Waals surface area contributed by atoms with Crippen LogP contribution in [0.4, 0.5) is 4.79 Å². The molecule has 0 spiro atoms. The van der Waals surface area contributed by atoms with Crippen LogP contribution < -0.4 is 0 Å². The maximum Gasteiger partial charge on any atom is 0.319 e. The molecule has 14 heavy (non-hydrogen) atoms. The van der Waals surface area contributed by atoms with Crippen LogP contribution in [0, 0.1) is 11.8 Å². The van der Waals surface area contributed by atoms with Crippen molar-refractivity contribution in [3.63, 3.8) is 0 Å². The Kier molecular flexibility index (Phi) is 2.66. The zero-order chi connectivity index (χ0) is 10.1. The van der Waals surface area contributed by atoms with Crippen molar-refractivity contribution in [3.8, 4) is 0 Å². The predicted octanol–water partition coefficient (Wildman–Crippen LogP) is 1.79. The minimum atomic E-state index is 0.238. The highest BCUT2D eigenvalue weighted by atomic mass is 16.2. The molecular weight excluding hydrogens is 176 g/mol. The van der Waals surface area contributed by atoms with Crippen LogP contribution in [-0.4, -0.2) is 42.5 Å². The van der Waals surface area contributed by atoms with E-state index in [4.69, 9.17) is 0 Å². The molecule has 2 fully saturated rings. The molecule has 1 aliphatic heterocycles. The molecule has 1 saturated heterocycles. The average Bonchev–Trinajstić information content (AvgIpc) is 2.72. The Morgan fingerprint density at radius 1 is 1.43 bits per heavy atom. The third-order valence-corrected chi connectivity index (χ3v) is 3.49. The summed E-state index contributed by atoms with van der Waals surface area (Å²) in [5.41, 5.74) is 0. The molecule has 1 aliphatic carbocycles. The Morgan fingerprint density at radius 2 is 2.00 bits per heavy atom. The van der Waals surface area contributed by atoms with E-state index in [0.717, 1.165) is 31.5 Å². The van der Waals surface area contributed by atoms with Gasteiger partial charge in [-0.2, -0.15) is 0 Å². The molecule has 0 N–H and O–H groups in total. The number of amides is 2. The van der Waals surface area contributed by atoms with Gasteiger partial charge in [0.15, 0.2) is 0 Å². The molecular formula is C11H20N2O. The van der Waals surface area contributed by atoms with Gasteiger partial charge < -0.3 is 9.80 Å². The van der Waals surface area contributed by atoms with Crippen molar-refractivity contribution in [2.45, 2.75) is 26.2 Å². The van der Waals surface area contributed by atoms with Crippen molar-refractivity contribution in [1.29, 1.82) is 0 Å². The summed E-state index contributed by atoms with van der Waals surface area (Å²) >= 11 is 0. The number of carbonyl (C=O) groups excluding carboxylic acids is 1. The highest BCUT2D eigenvalue weighted by Gasteiger charge is 2.35. The standard InChI is InChI=1S/C11H20N2O/c1-9-7-10(9)8-12(2)11(14)13-5-3-4-6-13/h9-10H,3-8H2,1-2H3. The van der Waals surface area contributed by atoms with E-state index in [1.54, 1.807) is 0 Å². The van der Waals surface area contributed by atoms with Gasteiger partial charge in [-0.3, -0.25) is 0 Å². The van der Waals surface area contributed by atoms with Gasteiger partial charge >= 0.3 is 6.03 Å². The minimum absolute atomic E-state index is 0.238. The fourth-order valence-corrected chi connectivity index (χ4v) is 2.23. The summed E-state index contributed by atoms with van der Waals surface area (Å²) in [4.78, 5) is 15.7. The molecule has 0 bridgehead atoms. The van der Waals surface area contributed by atoms with Gasteiger partial charge in [0, 0.05) is 26.7 Å². The van der Waals surface area contributed by atoms with Crippen LogP contribution in [0.3, 0.4) is 0 Å². The van der Waals surface area contributed by atoms with Crippen LogP contribution in [-0.2, 0) is 0 Å². The Morgan fingerprint density at radius 3 is 2.50 bits per heavy atom. The Hall–Kier alpha value is -0.730. The van der Waals surface area contributed by atoms with Gasteiger partial charge in [-0.1, -0.05) is 6.92 Å². The summed E-state index contributed by atoms with van der Waals surface area (Å²) in [7, 11) is 1.94. The minimum Gasteiger partial charge on any atom is -0.327 e. The van der Waals surface area contributed by atoms with E-state index < -0.39 is 0 Å². The lowest BCUT2D eigenvalue weighted by Crippen LogP contribution is -2.40. The third kappa shape index (κ3) is 2.02. The van der Waals surface area contributed by atoms with E-state index in [1.165, 1.54) is 19.3 Å². The smallest absolute Gasteiger partial charge is 0.319 e. The maximum atomic E-state index is 11.9. The van der Waals surface area contributed by atoms with E-state index in [9.17, 15) is 4.79 Å². The van der Waals surface area contributed by atoms with Crippen molar-refractivity contribution in [1.82, 2.24) is 9.80 Å². The Balaban J connectivity index is 1.78. The first-order valence-corrected chi connectivity index (χ1v) is 5.68. The molecule has 0 aromatic heterocycles. The fourth-order valence-electron chi connectivity index (χ4n) is 2.23. The molecule has 2 unspecified atom stereocenters. The number of hydrogen-bond acceptors (Lipinski definition) is 1. The topological polar surface area (TPSA) is 23.6 Å². The van der Waals surface area contributed by atoms with Crippen molar-refractivity contribution in [3.05, 3.63) is 0 Å². The molecule has 1 saturated carbocycles. The molecule has 0 radical (unpaired) electrons. The summed E-state index contributed by atoms with van der Waals surface area (Å²) in [5.74, 6) is 1.61. The van der Waals surface area contributed by atoms with E-state index in [2.05, 4.69) is 6.92 Å². The fraction of sp³-hybridized carbons (Fsp3) is 0.909. The molecule has 0 aromatic carbocycles. The molecule has 1 heterocycles. The van der Waals surface area contributed by atoms with Crippen molar-refractivity contribution < 1.29 is 4.79 Å². The van der Waals surface area contributed by atoms with E-state index >= 15 is 0 Å². The van der Waals surface area contributed by atoms with Gasteiger partial charge in [0.05, 0.1) is 0 Å². The van der Waals surface area contributed by atoms with Crippen LogP contribution in [0.25, 0.3) is 0 Å². The normalized spacial score (nSPS) is 30.6. The Labute approximate surface area is 86.1 Å². The third-order valence-electron chi connectivity index (χ3n) is 3.49. The first-order valence-electron chi connectivity index (χ1n) is 5.68. The summed E-state index contributed by atoms with van der Waals surface area (Å²) in [6.45, 7) is 5.14. The van der Waals surface area contributed by atoms with Crippen LogP contribution in [0.15, 0.2) is 0 Å². The van der Waals surface area contributed by atoms with Gasteiger partial charge in [-0.05, 0) is 31.1 Å². The predicted molar refractivity (Wildman–Crippen MR) is 56.1 cm³/mol. The second-order valence-corrected chi connectivity index (χ2v) is 4.83. The maximum absolute atomic E-state index is 11.9. The second kappa shape index (κ2) is 3.79. The van der Waals surface area contributed by atoms with Crippen LogP contribution >= 0.6 is 0 Å². The molecule has 0 aromatic rings. The zero-order valence-electron chi connectivity index (χ0n) is 9.20. The first kappa shape index (κ1) is 9.81. The van der Waals surface area contributed by atoms with Crippen molar-refractivity contribution in [2.24, 2.45) is 11.8 Å². The second-order valence-electron chi connectivity index (χ2n) is 4.83. The van der Waals surface area contributed by atoms with Crippen molar-refractivity contribution in [2.75, 3.05) is 26.7 Å². The number of likely N-dealkylation sites (tertiary alicyclic amines) is 1. The number of carbonyl (C=O) groups is 1. The molecule has 2 rings (SSSR count). The van der Waals surface area contributed by atoms with Crippen LogP contribution in [0.5, 0.6) is 0 Å². The lowest BCUT2D eigenvalue weighted by Gasteiger charge is -2.24. The van der Waals surface area contributed by atoms with E-state index in [-0.39, 0.29) is 6.03 Å². The number of urea groups is 1. The van der Waals surface area contributed by atoms with E-state index in [1.807, 2.05) is 16.8 Å². The number of nitrogens with zero attached hydrogens (tertiary/aromatic N) is 2. The van der Waals surface area contributed by atoms with E-state index in [0.29, 0.717) is 0 Å². The summed E-state index contributed by atoms with van der Waals surface area (Å²) in [5, 5.41) is 0. The molecule has 2 amide bonds. The van der Waals surface area contributed by atoms with Crippen molar-refractivity contribution >= 4 is 6.03 Å². The molecule has 2 atom stereocenters. The average molecular weight is 196 g/mol. The largest absolute Gasteiger partial charge is 0.327 e. The summed E-state index contributed by atoms with van der Waals surface area (Å²) < 4.78 is 0. The van der Waals surface area contributed by atoms with Gasteiger partial charge in [0.2, 0.25) is 0 Å². The SMILES string of the molecule is CC1CC1CN(C)C(=O)N1CCCC1. The number of hydrogen-bond donors (Lipinski definition) is 0. The van der Waals surface area contributed by atoms with Gasteiger partial charge in [-0.15, -0.1) is 0 Å². The highest BCUT2D eigenvalue weighted by molar-refractivity contribution is 5.74.